The molecule has 10 heavy (non-hydrogen) atoms. The van der Waals surface area contributed by atoms with Crippen LogP contribution in [0, 0.1) is 11.8 Å². The summed E-state index contributed by atoms with van der Waals surface area (Å²) < 4.78 is 0. The summed E-state index contributed by atoms with van der Waals surface area (Å²) in [7, 11) is 0. The lowest BCUT2D eigenvalue weighted by Gasteiger charge is -1.96. The van der Waals surface area contributed by atoms with Gasteiger partial charge < -0.3 is 5.11 Å². The van der Waals surface area contributed by atoms with Crippen LogP contribution in [0.2, 0.25) is 0 Å². The van der Waals surface area contributed by atoms with Crippen molar-refractivity contribution >= 4 is 0 Å². The lowest BCUT2D eigenvalue weighted by Crippen LogP contribution is -1.96. The fourth-order valence-corrected chi connectivity index (χ4v) is 0.583. The number of rotatable bonds is 3. The summed E-state index contributed by atoms with van der Waals surface area (Å²) in [5.41, 5.74) is 0. The van der Waals surface area contributed by atoms with Crippen molar-refractivity contribution in [3.05, 3.63) is 0 Å². The van der Waals surface area contributed by atoms with Crippen molar-refractivity contribution in [2.24, 2.45) is 0 Å². The van der Waals surface area contributed by atoms with Crippen molar-refractivity contribution in [2.75, 3.05) is 0 Å². The average Bonchev–Trinajstić information content (AvgIpc) is 1.87. The molecule has 0 aliphatic carbocycles. The molecule has 0 aromatic heterocycles. The van der Waals surface area contributed by atoms with Gasteiger partial charge in [0.2, 0.25) is 0 Å². The van der Waals surface area contributed by atoms with Crippen LogP contribution in [0.1, 0.15) is 39.5 Å². The number of hydrogen-bond donors (Lipinski definition) is 1. The fourth-order valence-electron chi connectivity index (χ4n) is 0.583. The number of aliphatic hydroxyl groups is 1. The minimum Gasteiger partial charge on any atom is -0.393 e. The van der Waals surface area contributed by atoms with Gasteiger partial charge in [0.25, 0.3) is 0 Å². The van der Waals surface area contributed by atoms with Crippen LogP contribution in [0.25, 0.3) is 0 Å². The van der Waals surface area contributed by atoms with Crippen molar-refractivity contribution in [3.63, 3.8) is 0 Å². The predicted octanol–water partition coefficient (Wildman–Crippen LogP) is 1.95. The van der Waals surface area contributed by atoms with Crippen LogP contribution >= 0.6 is 0 Å². The van der Waals surface area contributed by atoms with E-state index in [2.05, 4.69) is 18.8 Å². The van der Waals surface area contributed by atoms with Gasteiger partial charge in [-0.2, -0.15) is 0 Å². The first kappa shape index (κ1) is 9.52. The van der Waals surface area contributed by atoms with Gasteiger partial charge in [-0.3, -0.25) is 0 Å². The van der Waals surface area contributed by atoms with Gasteiger partial charge in [0.15, 0.2) is 0 Å². The lowest BCUT2D eigenvalue weighted by atomic mass is 10.2. The molecule has 0 aromatic rings. The van der Waals surface area contributed by atoms with E-state index in [0.29, 0.717) is 0 Å². The Labute approximate surface area is 63.5 Å². The second kappa shape index (κ2) is 6.64. The van der Waals surface area contributed by atoms with Gasteiger partial charge in [-0.05, 0) is 19.8 Å². The number of aliphatic hydroxyl groups excluding tert-OH is 1. The summed E-state index contributed by atoms with van der Waals surface area (Å²) in [6.45, 7) is 3.91. The van der Waals surface area contributed by atoms with Gasteiger partial charge in [0.1, 0.15) is 0 Å². The SMILES string of the molecule is CCCC#CCCC(C)O. The molecule has 58 valence electrons. The summed E-state index contributed by atoms with van der Waals surface area (Å²) in [4.78, 5) is 0. The molecule has 0 aliphatic rings. The zero-order chi connectivity index (χ0) is 7.82. The Morgan fingerprint density at radius 3 is 2.40 bits per heavy atom. The van der Waals surface area contributed by atoms with Gasteiger partial charge in [0, 0.05) is 12.8 Å². The molecule has 0 aromatic carbocycles. The third kappa shape index (κ3) is 7.52. The Bertz CT molecular complexity index is 116. The van der Waals surface area contributed by atoms with Gasteiger partial charge in [-0.1, -0.05) is 6.92 Å². The normalized spacial score (nSPS) is 11.9. The van der Waals surface area contributed by atoms with Gasteiger partial charge in [-0.15, -0.1) is 11.8 Å². The first-order valence-corrected chi connectivity index (χ1v) is 3.91. The third-order valence-corrected chi connectivity index (χ3v) is 1.19. The molecule has 0 spiro atoms. The van der Waals surface area contributed by atoms with E-state index in [1.165, 1.54) is 0 Å². The second-order valence-corrected chi connectivity index (χ2v) is 2.49. The highest BCUT2D eigenvalue weighted by Gasteiger charge is 1.89. The Morgan fingerprint density at radius 2 is 1.90 bits per heavy atom. The van der Waals surface area contributed by atoms with Crippen molar-refractivity contribution in [1.29, 1.82) is 0 Å². The van der Waals surface area contributed by atoms with Crippen LogP contribution in [0.5, 0.6) is 0 Å². The molecule has 0 fully saturated rings. The molecule has 1 N–H and O–H groups in total. The molecule has 0 amide bonds. The molecule has 1 heteroatoms. The van der Waals surface area contributed by atoms with E-state index in [4.69, 9.17) is 5.11 Å². The zero-order valence-electron chi connectivity index (χ0n) is 6.85. The van der Waals surface area contributed by atoms with Crippen LogP contribution in [-0.2, 0) is 0 Å². The maximum Gasteiger partial charge on any atom is 0.0521 e. The van der Waals surface area contributed by atoms with Crippen LogP contribution in [0.15, 0.2) is 0 Å². The van der Waals surface area contributed by atoms with Gasteiger partial charge >= 0.3 is 0 Å². The number of unbranched alkanes of at least 4 members (excludes halogenated alkanes) is 1. The highest BCUT2D eigenvalue weighted by atomic mass is 16.3. The van der Waals surface area contributed by atoms with E-state index in [0.717, 1.165) is 25.7 Å². The van der Waals surface area contributed by atoms with Gasteiger partial charge in [0.05, 0.1) is 6.10 Å². The van der Waals surface area contributed by atoms with Crippen molar-refractivity contribution in [2.45, 2.75) is 45.6 Å². The van der Waals surface area contributed by atoms with Crippen molar-refractivity contribution in [3.8, 4) is 11.8 Å². The smallest absolute Gasteiger partial charge is 0.0521 e. The molecule has 0 saturated heterocycles. The van der Waals surface area contributed by atoms with E-state index in [1.807, 2.05) is 0 Å². The summed E-state index contributed by atoms with van der Waals surface area (Å²) >= 11 is 0. The summed E-state index contributed by atoms with van der Waals surface area (Å²) in [6, 6.07) is 0. The predicted molar refractivity (Wildman–Crippen MR) is 43.6 cm³/mol. The molecule has 0 heterocycles. The van der Waals surface area contributed by atoms with Gasteiger partial charge in [-0.25, -0.2) is 0 Å². The van der Waals surface area contributed by atoms with Crippen molar-refractivity contribution in [1.82, 2.24) is 0 Å². The monoisotopic (exact) mass is 140 g/mol. The van der Waals surface area contributed by atoms with Crippen LogP contribution in [-0.4, -0.2) is 11.2 Å². The van der Waals surface area contributed by atoms with E-state index in [9.17, 15) is 0 Å². The van der Waals surface area contributed by atoms with Crippen LogP contribution < -0.4 is 0 Å². The molecule has 0 aliphatic heterocycles. The average molecular weight is 140 g/mol. The van der Waals surface area contributed by atoms with E-state index in [1.54, 1.807) is 6.92 Å². The topological polar surface area (TPSA) is 20.2 Å². The Kier molecular flexibility index (Phi) is 6.32. The van der Waals surface area contributed by atoms with E-state index >= 15 is 0 Å². The fraction of sp³-hybridized carbons (Fsp3) is 0.778. The molecule has 1 unspecified atom stereocenters. The quantitative estimate of drug-likeness (QED) is 0.594. The molecule has 0 bridgehead atoms. The first-order valence-electron chi connectivity index (χ1n) is 3.91. The third-order valence-electron chi connectivity index (χ3n) is 1.19. The standard InChI is InChI=1S/C9H16O/c1-3-4-5-6-7-8-9(2)10/h9-10H,3-4,7-8H2,1-2H3. The first-order chi connectivity index (χ1) is 4.77. The van der Waals surface area contributed by atoms with Crippen LogP contribution in [0.4, 0.5) is 0 Å². The molecule has 0 saturated carbocycles. The largest absolute Gasteiger partial charge is 0.393 e. The molecule has 0 rings (SSSR count). The summed E-state index contributed by atoms with van der Waals surface area (Å²) in [6.07, 6.45) is 3.55. The molecule has 1 nitrogen and oxygen atoms in total. The van der Waals surface area contributed by atoms with E-state index < -0.39 is 0 Å². The molecule has 1 atom stereocenters. The molecule has 0 radical (unpaired) electrons. The Hall–Kier alpha value is -0.480. The minimum absolute atomic E-state index is 0.198. The second-order valence-electron chi connectivity index (χ2n) is 2.49. The summed E-state index contributed by atoms with van der Waals surface area (Å²) in [5.74, 6) is 6.04. The van der Waals surface area contributed by atoms with Crippen molar-refractivity contribution < 1.29 is 5.11 Å². The number of hydrogen-bond acceptors (Lipinski definition) is 1. The highest BCUT2D eigenvalue weighted by Crippen LogP contribution is 1.93. The zero-order valence-corrected chi connectivity index (χ0v) is 6.85. The maximum atomic E-state index is 8.84. The molecular formula is C9H16O. The van der Waals surface area contributed by atoms with E-state index in [-0.39, 0.29) is 6.10 Å². The van der Waals surface area contributed by atoms with Crippen LogP contribution in [0.3, 0.4) is 0 Å². The lowest BCUT2D eigenvalue weighted by molar-refractivity contribution is 0.186. The maximum absolute atomic E-state index is 8.84. The molecular weight excluding hydrogens is 124 g/mol. The highest BCUT2D eigenvalue weighted by molar-refractivity contribution is 4.98. The summed E-state index contributed by atoms with van der Waals surface area (Å²) in [5, 5.41) is 8.84. The Balaban J connectivity index is 3.12. The minimum atomic E-state index is -0.198. The Morgan fingerprint density at radius 1 is 1.30 bits per heavy atom.